The lowest BCUT2D eigenvalue weighted by atomic mass is 9.67. The molecular formula is C24H22N8O. The highest BCUT2D eigenvalue weighted by atomic mass is 16.2. The molecule has 1 aliphatic carbocycles. The van der Waals surface area contributed by atoms with Gasteiger partial charge in [0.15, 0.2) is 0 Å². The topological polar surface area (TPSA) is 124 Å². The number of carbonyl (C=O) groups excluding carboxylic acids is 1. The van der Waals surface area contributed by atoms with E-state index in [1.807, 2.05) is 27.9 Å². The summed E-state index contributed by atoms with van der Waals surface area (Å²) in [5.74, 6) is 0.459. The number of anilines is 2. The van der Waals surface area contributed by atoms with E-state index in [-0.39, 0.29) is 11.8 Å². The molecule has 0 radical (unpaired) electrons. The predicted molar refractivity (Wildman–Crippen MR) is 120 cm³/mol. The molecule has 2 aromatic heterocycles. The first-order valence-corrected chi connectivity index (χ1v) is 10.9. The van der Waals surface area contributed by atoms with Crippen molar-refractivity contribution in [1.29, 1.82) is 10.5 Å². The Balaban J connectivity index is 1.30. The third-order valence-corrected chi connectivity index (χ3v) is 6.39. The Bertz CT molecular complexity index is 1260. The summed E-state index contributed by atoms with van der Waals surface area (Å²) in [5.41, 5.74) is 2.55. The van der Waals surface area contributed by atoms with Gasteiger partial charge in [-0.3, -0.25) is 9.48 Å². The lowest BCUT2D eigenvalue weighted by molar-refractivity contribution is 0.0652. The van der Waals surface area contributed by atoms with Crippen molar-refractivity contribution in [2.45, 2.75) is 31.2 Å². The molecule has 3 aromatic rings. The third kappa shape index (κ3) is 3.90. The van der Waals surface area contributed by atoms with Gasteiger partial charge in [-0.2, -0.15) is 15.6 Å². The first kappa shape index (κ1) is 20.7. The van der Waals surface area contributed by atoms with Gasteiger partial charge in [-0.15, -0.1) is 0 Å². The Morgan fingerprint density at radius 1 is 1.18 bits per heavy atom. The van der Waals surface area contributed by atoms with Crippen LogP contribution in [0.2, 0.25) is 0 Å². The molecule has 0 spiro atoms. The maximum atomic E-state index is 12.3. The minimum atomic E-state index is -0.420. The maximum absolute atomic E-state index is 12.3. The first-order valence-electron chi connectivity index (χ1n) is 10.9. The minimum absolute atomic E-state index is 0.0338. The van der Waals surface area contributed by atoms with Crippen molar-refractivity contribution in [3.8, 4) is 23.4 Å². The standard InChI is InChI=1S/C24H22N8O/c25-8-7-24(12-17(13-24)14-26)32-16-19(15-28-32)21-6-9-27-23(30-21)29-20-4-2-18(3-5-20)22(33)31-10-1-11-31/h2-6,9,15-17H,1,7,10-13H2,(H,27,29,30). The molecule has 0 bridgehead atoms. The second-order valence-electron chi connectivity index (χ2n) is 8.58. The van der Waals surface area contributed by atoms with Crippen molar-refractivity contribution in [2.75, 3.05) is 18.4 Å². The molecule has 33 heavy (non-hydrogen) atoms. The van der Waals surface area contributed by atoms with Gasteiger partial charge in [0.25, 0.3) is 5.91 Å². The van der Waals surface area contributed by atoms with Crippen LogP contribution in [0.3, 0.4) is 0 Å². The van der Waals surface area contributed by atoms with Crippen LogP contribution in [0.1, 0.15) is 36.0 Å². The number of hydrogen-bond donors (Lipinski definition) is 1. The Morgan fingerprint density at radius 2 is 1.97 bits per heavy atom. The maximum Gasteiger partial charge on any atom is 0.253 e. The summed E-state index contributed by atoms with van der Waals surface area (Å²) in [5, 5.41) is 26.1. The van der Waals surface area contributed by atoms with Crippen LogP contribution in [0, 0.1) is 28.6 Å². The van der Waals surface area contributed by atoms with Gasteiger partial charge < -0.3 is 10.2 Å². The number of amides is 1. The molecule has 9 nitrogen and oxygen atoms in total. The molecule has 2 aliphatic rings. The van der Waals surface area contributed by atoms with E-state index >= 15 is 0 Å². The van der Waals surface area contributed by atoms with E-state index in [9.17, 15) is 10.1 Å². The van der Waals surface area contributed by atoms with Crippen LogP contribution in [0.25, 0.3) is 11.3 Å². The number of nitrogens with one attached hydrogen (secondary N) is 1. The molecule has 164 valence electrons. The number of rotatable bonds is 6. The van der Waals surface area contributed by atoms with Crippen LogP contribution in [0.5, 0.6) is 0 Å². The molecule has 1 aromatic carbocycles. The molecule has 1 saturated carbocycles. The lowest BCUT2D eigenvalue weighted by Gasteiger charge is -2.43. The summed E-state index contributed by atoms with van der Waals surface area (Å²) in [6, 6.07) is 13.6. The summed E-state index contributed by atoms with van der Waals surface area (Å²) in [4.78, 5) is 23.0. The van der Waals surface area contributed by atoms with Crippen molar-refractivity contribution in [3.05, 3.63) is 54.5 Å². The summed E-state index contributed by atoms with van der Waals surface area (Å²) in [6.45, 7) is 1.65. The second kappa shape index (κ2) is 8.36. The van der Waals surface area contributed by atoms with Gasteiger partial charge in [0.2, 0.25) is 5.95 Å². The van der Waals surface area contributed by atoms with Crippen molar-refractivity contribution >= 4 is 17.5 Å². The largest absolute Gasteiger partial charge is 0.339 e. The molecule has 0 atom stereocenters. The number of aromatic nitrogens is 4. The van der Waals surface area contributed by atoms with E-state index in [0.29, 0.717) is 36.5 Å². The average Bonchev–Trinajstić information content (AvgIpc) is 3.26. The normalized spacial score (nSPS) is 21.3. The highest BCUT2D eigenvalue weighted by molar-refractivity contribution is 5.95. The Morgan fingerprint density at radius 3 is 2.64 bits per heavy atom. The Kier molecular flexibility index (Phi) is 5.23. The Hall–Kier alpha value is -4.24. The first-order chi connectivity index (χ1) is 16.1. The second-order valence-corrected chi connectivity index (χ2v) is 8.58. The number of hydrogen-bond acceptors (Lipinski definition) is 7. The van der Waals surface area contributed by atoms with Crippen LogP contribution >= 0.6 is 0 Å². The molecular weight excluding hydrogens is 416 g/mol. The zero-order valence-electron chi connectivity index (χ0n) is 18.0. The fraction of sp³-hybridized carbons (Fsp3) is 0.333. The van der Waals surface area contributed by atoms with E-state index in [1.54, 1.807) is 30.6 Å². The van der Waals surface area contributed by atoms with Crippen molar-refractivity contribution < 1.29 is 4.79 Å². The SMILES string of the molecule is N#CCC1(n2cc(-c3ccnc(Nc4ccc(C(=O)N5CCC5)cc4)n3)cn2)CC(C#N)C1. The van der Waals surface area contributed by atoms with Gasteiger partial charge >= 0.3 is 0 Å². The molecule has 9 heteroatoms. The van der Waals surface area contributed by atoms with Crippen molar-refractivity contribution in [2.24, 2.45) is 5.92 Å². The van der Waals surface area contributed by atoms with E-state index < -0.39 is 5.54 Å². The predicted octanol–water partition coefficient (Wildman–Crippen LogP) is 3.47. The number of benzene rings is 1. The zero-order valence-corrected chi connectivity index (χ0v) is 18.0. The molecule has 1 saturated heterocycles. The summed E-state index contributed by atoms with van der Waals surface area (Å²) in [6.07, 6.45) is 7.92. The highest BCUT2D eigenvalue weighted by Crippen LogP contribution is 2.46. The lowest BCUT2D eigenvalue weighted by Crippen LogP contribution is -2.46. The monoisotopic (exact) mass is 438 g/mol. The van der Waals surface area contributed by atoms with Gasteiger partial charge in [-0.05, 0) is 49.6 Å². The van der Waals surface area contributed by atoms with Gasteiger partial charge in [0.05, 0.1) is 41.9 Å². The van der Waals surface area contributed by atoms with Gasteiger partial charge in [-0.25, -0.2) is 9.97 Å². The van der Waals surface area contributed by atoms with Crippen LogP contribution in [-0.4, -0.2) is 43.6 Å². The average molecular weight is 438 g/mol. The molecule has 5 rings (SSSR count). The van der Waals surface area contributed by atoms with Gasteiger partial charge in [-0.1, -0.05) is 0 Å². The molecule has 1 N–H and O–H groups in total. The van der Waals surface area contributed by atoms with Crippen LogP contribution < -0.4 is 5.32 Å². The van der Waals surface area contributed by atoms with E-state index in [0.717, 1.165) is 30.8 Å². The molecule has 2 fully saturated rings. The van der Waals surface area contributed by atoms with Gasteiger partial charge in [0, 0.05) is 42.3 Å². The fourth-order valence-electron chi connectivity index (χ4n) is 4.33. The number of carbonyl (C=O) groups is 1. The van der Waals surface area contributed by atoms with Crippen molar-refractivity contribution in [1.82, 2.24) is 24.6 Å². The van der Waals surface area contributed by atoms with Crippen LogP contribution in [0.15, 0.2) is 48.9 Å². The zero-order chi connectivity index (χ0) is 22.8. The summed E-state index contributed by atoms with van der Waals surface area (Å²) < 4.78 is 1.81. The molecule has 0 unspecified atom stereocenters. The number of likely N-dealkylation sites (tertiary alicyclic amines) is 1. The van der Waals surface area contributed by atoms with E-state index in [1.165, 1.54) is 0 Å². The van der Waals surface area contributed by atoms with Crippen LogP contribution in [0.4, 0.5) is 11.6 Å². The summed E-state index contributed by atoms with van der Waals surface area (Å²) >= 11 is 0. The smallest absolute Gasteiger partial charge is 0.253 e. The number of nitrogens with zero attached hydrogens (tertiary/aromatic N) is 7. The molecule has 1 aliphatic heterocycles. The quantitative estimate of drug-likeness (QED) is 0.625. The van der Waals surface area contributed by atoms with Gasteiger partial charge in [0.1, 0.15) is 0 Å². The minimum Gasteiger partial charge on any atom is -0.339 e. The third-order valence-electron chi connectivity index (χ3n) is 6.39. The summed E-state index contributed by atoms with van der Waals surface area (Å²) in [7, 11) is 0. The van der Waals surface area contributed by atoms with Crippen LogP contribution in [-0.2, 0) is 5.54 Å². The van der Waals surface area contributed by atoms with E-state index in [2.05, 4.69) is 32.5 Å². The molecule has 3 heterocycles. The van der Waals surface area contributed by atoms with E-state index in [4.69, 9.17) is 5.26 Å². The number of nitriles is 2. The Labute approximate surface area is 191 Å². The highest BCUT2D eigenvalue weighted by Gasteiger charge is 2.46. The molecule has 1 amide bonds. The van der Waals surface area contributed by atoms with Crippen molar-refractivity contribution in [3.63, 3.8) is 0 Å². The fourth-order valence-corrected chi connectivity index (χ4v) is 4.33.